The molecule has 2 unspecified atom stereocenters. The lowest BCUT2D eigenvalue weighted by Gasteiger charge is -2.42. The number of ether oxygens (including phenoxy) is 1. The number of hydrogen-bond acceptors (Lipinski definition) is 3. The fourth-order valence-corrected chi connectivity index (χ4v) is 3.03. The van der Waals surface area contributed by atoms with Crippen LogP contribution in [0.3, 0.4) is 0 Å². The fourth-order valence-electron chi connectivity index (χ4n) is 3.03. The molecule has 1 saturated heterocycles. The lowest BCUT2D eigenvalue weighted by Crippen LogP contribution is -2.52. The van der Waals surface area contributed by atoms with E-state index in [4.69, 9.17) is 4.74 Å². The van der Waals surface area contributed by atoms with Gasteiger partial charge in [0.1, 0.15) is 0 Å². The second-order valence-corrected chi connectivity index (χ2v) is 6.25. The molecule has 106 valence electrons. The standard InChI is InChI=1S/C16H25NO2/c1-12-7-5-6-8-14(12)15(18)10-17-9-13(2)19-16(3,4)11-17/h5-8,13,15,18H,9-11H2,1-4H3. The summed E-state index contributed by atoms with van der Waals surface area (Å²) in [5.74, 6) is 0. The van der Waals surface area contributed by atoms with Gasteiger partial charge in [0, 0.05) is 19.6 Å². The van der Waals surface area contributed by atoms with E-state index < -0.39 is 6.10 Å². The summed E-state index contributed by atoms with van der Waals surface area (Å²) in [4.78, 5) is 2.30. The van der Waals surface area contributed by atoms with Crippen molar-refractivity contribution in [3.8, 4) is 0 Å². The minimum atomic E-state index is -0.428. The van der Waals surface area contributed by atoms with Gasteiger partial charge in [-0.3, -0.25) is 4.90 Å². The van der Waals surface area contributed by atoms with Crippen molar-refractivity contribution in [1.29, 1.82) is 0 Å². The molecule has 2 atom stereocenters. The Morgan fingerprint density at radius 1 is 1.42 bits per heavy atom. The highest BCUT2D eigenvalue weighted by molar-refractivity contribution is 5.27. The summed E-state index contributed by atoms with van der Waals surface area (Å²) in [5, 5.41) is 10.4. The molecule has 1 aromatic carbocycles. The molecule has 0 amide bonds. The third-order valence-electron chi connectivity index (χ3n) is 3.62. The Morgan fingerprint density at radius 3 is 2.74 bits per heavy atom. The van der Waals surface area contributed by atoms with Gasteiger partial charge in [-0.05, 0) is 38.8 Å². The quantitative estimate of drug-likeness (QED) is 0.909. The Hall–Kier alpha value is -0.900. The van der Waals surface area contributed by atoms with Gasteiger partial charge in [0.25, 0.3) is 0 Å². The van der Waals surface area contributed by atoms with Crippen LogP contribution in [-0.4, -0.2) is 41.3 Å². The molecule has 1 heterocycles. The molecule has 0 saturated carbocycles. The molecule has 1 fully saturated rings. The number of nitrogens with zero attached hydrogens (tertiary/aromatic N) is 1. The Balaban J connectivity index is 2.03. The molecule has 3 nitrogen and oxygen atoms in total. The summed E-state index contributed by atoms with van der Waals surface area (Å²) < 4.78 is 5.89. The van der Waals surface area contributed by atoms with E-state index in [0.717, 1.165) is 24.2 Å². The van der Waals surface area contributed by atoms with Gasteiger partial charge in [0.15, 0.2) is 0 Å². The Kier molecular flexibility index (Phi) is 4.29. The average Bonchev–Trinajstić information content (AvgIpc) is 2.26. The van der Waals surface area contributed by atoms with Crippen LogP contribution in [0.4, 0.5) is 0 Å². The van der Waals surface area contributed by atoms with Crippen molar-refractivity contribution in [2.24, 2.45) is 0 Å². The van der Waals surface area contributed by atoms with Gasteiger partial charge in [0.2, 0.25) is 0 Å². The molecule has 0 radical (unpaired) electrons. The van der Waals surface area contributed by atoms with Crippen molar-refractivity contribution >= 4 is 0 Å². The van der Waals surface area contributed by atoms with Crippen LogP contribution in [-0.2, 0) is 4.74 Å². The molecule has 3 heteroatoms. The monoisotopic (exact) mass is 263 g/mol. The predicted molar refractivity (Wildman–Crippen MR) is 77.2 cm³/mol. The summed E-state index contributed by atoms with van der Waals surface area (Å²) in [6, 6.07) is 8.04. The topological polar surface area (TPSA) is 32.7 Å². The van der Waals surface area contributed by atoms with Gasteiger partial charge in [-0.25, -0.2) is 0 Å². The summed E-state index contributed by atoms with van der Waals surface area (Å²) in [7, 11) is 0. The largest absolute Gasteiger partial charge is 0.387 e. The third-order valence-corrected chi connectivity index (χ3v) is 3.62. The molecule has 1 aliphatic rings. The van der Waals surface area contributed by atoms with Crippen LogP contribution < -0.4 is 0 Å². The third kappa shape index (κ3) is 3.78. The summed E-state index contributed by atoms with van der Waals surface area (Å²) >= 11 is 0. The maximum Gasteiger partial charge on any atom is 0.0919 e. The number of rotatable bonds is 3. The van der Waals surface area contributed by atoms with Crippen molar-refractivity contribution < 1.29 is 9.84 Å². The van der Waals surface area contributed by atoms with Crippen LogP contribution in [0, 0.1) is 6.92 Å². The molecular formula is C16H25NO2. The van der Waals surface area contributed by atoms with E-state index in [-0.39, 0.29) is 11.7 Å². The van der Waals surface area contributed by atoms with Crippen LogP contribution in [0.5, 0.6) is 0 Å². The zero-order valence-electron chi connectivity index (χ0n) is 12.4. The lowest BCUT2D eigenvalue weighted by atomic mass is 10.0. The molecule has 0 aliphatic carbocycles. The molecule has 1 aromatic rings. The molecule has 1 N–H and O–H groups in total. The second kappa shape index (κ2) is 5.61. The molecular weight excluding hydrogens is 238 g/mol. The normalized spacial score (nSPS) is 25.2. The van der Waals surface area contributed by atoms with E-state index in [9.17, 15) is 5.11 Å². The first kappa shape index (κ1) is 14.5. The van der Waals surface area contributed by atoms with Gasteiger partial charge < -0.3 is 9.84 Å². The first-order chi connectivity index (χ1) is 8.87. The summed E-state index contributed by atoms with van der Waals surface area (Å²) in [5.41, 5.74) is 2.04. The minimum absolute atomic E-state index is 0.136. The fraction of sp³-hybridized carbons (Fsp3) is 0.625. The molecule has 1 aliphatic heterocycles. The summed E-state index contributed by atoms with van der Waals surface area (Å²) in [6.07, 6.45) is -0.213. The highest BCUT2D eigenvalue weighted by Gasteiger charge is 2.32. The Labute approximate surface area is 116 Å². The maximum atomic E-state index is 10.4. The van der Waals surface area contributed by atoms with Crippen LogP contribution in [0.25, 0.3) is 0 Å². The highest BCUT2D eigenvalue weighted by Crippen LogP contribution is 2.24. The van der Waals surface area contributed by atoms with Crippen LogP contribution in [0.1, 0.15) is 38.0 Å². The number of aliphatic hydroxyl groups excluding tert-OH is 1. The van der Waals surface area contributed by atoms with Crippen molar-refractivity contribution in [3.63, 3.8) is 0 Å². The van der Waals surface area contributed by atoms with Crippen molar-refractivity contribution in [1.82, 2.24) is 4.90 Å². The number of β-amino-alcohol motifs (C(OH)–C–C–N with tert-alkyl or cyclic N) is 1. The van der Waals surface area contributed by atoms with Crippen molar-refractivity contribution in [3.05, 3.63) is 35.4 Å². The second-order valence-electron chi connectivity index (χ2n) is 6.25. The summed E-state index contributed by atoms with van der Waals surface area (Å²) in [6.45, 7) is 10.8. The first-order valence-corrected chi connectivity index (χ1v) is 7.01. The zero-order chi connectivity index (χ0) is 14.0. The van der Waals surface area contributed by atoms with Gasteiger partial charge in [0.05, 0.1) is 17.8 Å². The van der Waals surface area contributed by atoms with Gasteiger partial charge >= 0.3 is 0 Å². The van der Waals surface area contributed by atoms with E-state index in [1.54, 1.807) is 0 Å². The van der Waals surface area contributed by atoms with Crippen LogP contribution in [0.2, 0.25) is 0 Å². The van der Waals surface area contributed by atoms with Gasteiger partial charge in [-0.1, -0.05) is 24.3 Å². The zero-order valence-corrected chi connectivity index (χ0v) is 12.4. The highest BCUT2D eigenvalue weighted by atomic mass is 16.5. The van der Waals surface area contributed by atoms with Crippen molar-refractivity contribution in [2.45, 2.75) is 45.5 Å². The molecule has 2 rings (SSSR count). The molecule has 0 aromatic heterocycles. The Morgan fingerprint density at radius 2 is 2.11 bits per heavy atom. The smallest absolute Gasteiger partial charge is 0.0919 e. The number of aryl methyl sites for hydroxylation is 1. The molecule has 19 heavy (non-hydrogen) atoms. The maximum absolute atomic E-state index is 10.4. The number of benzene rings is 1. The van der Waals surface area contributed by atoms with E-state index in [1.807, 2.05) is 31.2 Å². The van der Waals surface area contributed by atoms with Crippen molar-refractivity contribution in [2.75, 3.05) is 19.6 Å². The first-order valence-electron chi connectivity index (χ1n) is 7.01. The number of hydrogen-bond donors (Lipinski definition) is 1. The lowest BCUT2D eigenvalue weighted by molar-refractivity contribution is -0.133. The molecule has 0 bridgehead atoms. The van der Waals surface area contributed by atoms with Crippen LogP contribution in [0.15, 0.2) is 24.3 Å². The number of morpholine rings is 1. The van der Waals surface area contributed by atoms with E-state index in [2.05, 4.69) is 25.7 Å². The average molecular weight is 263 g/mol. The van der Waals surface area contributed by atoms with Gasteiger partial charge in [-0.2, -0.15) is 0 Å². The minimum Gasteiger partial charge on any atom is -0.387 e. The van der Waals surface area contributed by atoms with E-state index in [1.165, 1.54) is 0 Å². The Bertz CT molecular complexity index is 431. The predicted octanol–water partition coefficient (Wildman–Crippen LogP) is 2.53. The van der Waals surface area contributed by atoms with E-state index in [0.29, 0.717) is 6.54 Å². The van der Waals surface area contributed by atoms with E-state index >= 15 is 0 Å². The number of aliphatic hydroxyl groups is 1. The van der Waals surface area contributed by atoms with Gasteiger partial charge in [-0.15, -0.1) is 0 Å². The van der Waals surface area contributed by atoms with Crippen LogP contribution >= 0.6 is 0 Å². The molecule has 0 spiro atoms. The SMILES string of the molecule is Cc1ccccc1C(O)CN1CC(C)OC(C)(C)C1.